The molecule has 108 valence electrons. The van der Waals surface area contributed by atoms with Crippen molar-refractivity contribution in [3.05, 3.63) is 42.2 Å². The highest BCUT2D eigenvalue weighted by molar-refractivity contribution is 6.02. The summed E-state index contributed by atoms with van der Waals surface area (Å²) in [6, 6.07) is 5.57. The van der Waals surface area contributed by atoms with Crippen molar-refractivity contribution in [3.63, 3.8) is 0 Å². The van der Waals surface area contributed by atoms with E-state index in [1.807, 2.05) is 0 Å². The van der Waals surface area contributed by atoms with Gasteiger partial charge in [-0.15, -0.1) is 0 Å². The molecule has 3 aliphatic heterocycles. The van der Waals surface area contributed by atoms with Gasteiger partial charge >= 0.3 is 5.97 Å². The predicted molar refractivity (Wildman–Crippen MR) is 70.1 cm³/mol. The molecule has 0 aliphatic carbocycles. The molecule has 1 N–H and O–H groups in total. The Morgan fingerprint density at radius 1 is 1.38 bits per heavy atom. The molecule has 2 fully saturated rings. The molecule has 2 saturated heterocycles. The monoisotopic (exact) mass is 289 g/mol. The molecule has 3 aliphatic rings. The summed E-state index contributed by atoms with van der Waals surface area (Å²) in [5.41, 5.74) is -0.311. The molecule has 5 nitrogen and oxygen atoms in total. The first-order chi connectivity index (χ1) is 10.0. The van der Waals surface area contributed by atoms with E-state index in [4.69, 9.17) is 4.74 Å². The second kappa shape index (κ2) is 3.92. The highest BCUT2D eigenvalue weighted by atomic mass is 19.1. The molecule has 6 heteroatoms. The number of carbonyl (C=O) groups is 2. The lowest BCUT2D eigenvalue weighted by Gasteiger charge is -2.21. The molecule has 1 aromatic carbocycles. The summed E-state index contributed by atoms with van der Waals surface area (Å²) in [5, 5.41) is 9.36. The maximum absolute atomic E-state index is 13.0. The minimum atomic E-state index is -1.02. The first-order valence-corrected chi connectivity index (χ1v) is 6.69. The van der Waals surface area contributed by atoms with Crippen molar-refractivity contribution in [2.24, 2.45) is 11.8 Å². The second-order valence-electron chi connectivity index (χ2n) is 5.64. The van der Waals surface area contributed by atoms with Gasteiger partial charge in [0.05, 0.1) is 18.6 Å². The van der Waals surface area contributed by atoms with Gasteiger partial charge in [-0.3, -0.25) is 9.59 Å². The summed E-state index contributed by atoms with van der Waals surface area (Å²) in [7, 11) is 0. The van der Waals surface area contributed by atoms with Crippen molar-refractivity contribution >= 4 is 17.6 Å². The largest absolute Gasteiger partial charge is 0.481 e. The van der Waals surface area contributed by atoms with Crippen molar-refractivity contribution < 1.29 is 23.8 Å². The Bertz CT molecular complexity index is 671. The minimum absolute atomic E-state index is 0.263. The molecule has 0 radical (unpaired) electrons. The predicted octanol–water partition coefficient (Wildman–Crippen LogP) is 1.20. The number of amides is 1. The lowest BCUT2D eigenvalue weighted by atomic mass is 9.77. The van der Waals surface area contributed by atoms with Crippen molar-refractivity contribution in [2.75, 3.05) is 11.4 Å². The van der Waals surface area contributed by atoms with Gasteiger partial charge in [0.1, 0.15) is 17.3 Å². The zero-order valence-corrected chi connectivity index (χ0v) is 10.9. The molecule has 4 rings (SSSR count). The van der Waals surface area contributed by atoms with Crippen LogP contribution in [0.5, 0.6) is 0 Å². The summed E-state index contributed by atoms with van der Waals surface area (Å²) in [4.78, 5) is 25.5. The van der Waals surface area contributed by atoms with Crippen LogP contribution >= 0.6 is 0 Å². The van der Waals surface area contributed by atoms with Gasteiger partial charge in [0, 0.05) is 5.69 Å². The standard InChI is InChI=1S/C15H12FNO4/c16-8-1-3-9(4-2-8)17-7-15-6-5-10(21-15)11(14(19)20)12(15)13(17)18/h1-6,10-12H,7H2,(H,19,20)/t10-,11+,12+,15+/m0/s1. The van der Waals surface area contributed by atoms with Crippen LogP contribution in [0.4, 0.5) is 10.1 Å². The van der Waals surface area contributed by atoms with Crippen molar-refractivity contribution in [3.8, 4) is 0 Å². The Morgan fingerprint density at radius 3 is 2.76 bits per heavy atom. The number of nitrogens with zero attached hydrogens (tertiary/aromatic N) is 1. The summed E-state index contributed by atoms with van der Waals surface area (Å²) in [6.45, 7) is 0.263. The molecule has 1 aromatic rings. The van der Waals surface area contributed by atoms with Crippen LogP contribution < -0.4 is 4.90 Å². The lowest BCUT2D eigenvalue weighted by molar-refractivity contribution is -0.146. The van der Waals surface area contributed by atoms with Gasteiger partial charge in [-0.1, -0.05) is 12.2 Å². The first-order valence-electron chi connectivity index (χ1n) is 6.69. The van der Waals surface area contributed by atoms with E-state index in [-0.39, 0.29) is 18.3 Å². The number of ether oxygens (including phenoxy) is 1. The Hall–Kier alpha value is -2.21. The van der Waals surface area contributed by atoms with Gasteiger partial charge in [0.25, 0.3) is 0 Å². The number of hydrogen-bond donors (Lipinski definition) is 1. The fourth-order valence-electron chi connectivity index (χ4n) is 3.62. The number of carboxylic acid groups (broad SMARTS) is 1. The second-order valence-corrected chi connectivity index (χ2v) is 5.64. The number of benzene rings is 1. The number of rotatable bonds is 2. The summed E-state index contributed by atoms with van der Waals surface area (Å²) < 4.78 is 18.8. The van der Waals surface area contributed by atoms with Crippen LogP contribution in [-0.4, -0.2) is 35.2 Å². The van der Waals surface area contributed by atoms with Crippen LogP contribution in [0.2, 0.25) is 0 Å². The third kappa shape index (κ3) is 1.53. The van der Waals surface area contributed by atoms with E-state index in [9.17, 15) is 19.1 Å². The van der Waals surface area contributed by atoms with Crippen molar-refractivity contribution in [1.29, 1.82) is 0 Å². The maximum atomic E-state index is 13.0. The van der Waals surface area contributed by atoms with Gasteiger partial charge in [0.2, 0.25) is 5.91 Å². The van der Waals surface area contributed by atoms with Crippen LogP contribution in [0.15, 0.2) is 36.4 Å². The van der Waals surface area contributed by atoms with Gasteiger partial charge in [-0.05, 0) is 24.3 Å². The molecular formula is C15H12FNO4. The molecule has 2 bridgehead atoms. The van der Waals surface area contributed by atoms with E-state index in [2.05, 4.69) is 0 Å². The van der Waals surface area contributed by atoms with E-state index in [0.717, 1.165) is 0 Å². The highest BCUT2D eigenvalue weighted by Crippen LogP contribution is 2.52. The molecule has 1 amide bonds. The zero-order valence-electron chi connectivity index (χ0n) is 10.9. The summed E-state index contributed by atoms with van der Waals surface area (Å²) in [5.74, 6) is -3.25. The molecule has 3 heterocycles. The summed E-state index contributed by atoms with van der Waals surface area (Å²) >= 11 is 0. The number of anilines is 1. The average molecular weight is 289 g/mol. The van der Waals surface area contributed by atoms with E-state index in [1.54, 1.807) is 12.2 Å². The van der Waals surface area contributed by atoms with Gasteiger partial charge in [-0.2, -0.15) is 0 Å². The quantitative estimate of drug-likeness (QED) is 0.831. The van der Waals surface area contributed by atoms with Crippen LogP contribution in [-0.2, 0) is 14.3 Å². The molecule has 1 spiro atoms. The van der Waals surface area contributed by atoms with Crippen LogP contribution in [0.3, 0.4) is 0 Å². The number of hydrogen-bond acceptors (Lipinski definition) is 3. The number of carboxylic acids is 1. The van der Waals surface area contributed by atoms with Crippen LogP contribution in [0.25, 0.3) is 0 Å². The fourth-order valence-corrected chi connectivity index (χ4v) is 3.62. The zero-order chi connectivity index (χ0) is 14.8. The number of fused-ring (bicyclic) bond motifs is 1. The third-order valence-electron chi connectivity index (χ3n) is 4.52. The maximum Gasteiger partial charge on any atom is 0.310 e. The molecule has 21 heavy (non-hydrogen) atoms. The van der Waals surface area contributed by atoms with Gasteiger partial charge in [0.15, 0.2) is 0 Å². The number of halogens is 1. The van der Waals surface area contributed by atoms with Crippen molar-refractivity contribution in [1.82, 2.24) is 0 Å². The summed E-state index contributed by atoms with van der Waals surface area (Å²) in [6.07, 6.45) is 2.98. The Kier molecular flexibility index (Phi) is 2.34. The number of aliphatic carboxylic acids is 1. The topological polar surface area (TPSA) is 66.8 Å². The third-order valence-corrected chi connectivity index (χ3v) is 4.52. The molecule has 0 unspecified atom stereocenters. The van der Waals surface area contributed by atoms with Crippen molar-refractivity contribution in [2.45, 2.75) is 11.7 Å². The molecule has 4 atom stereocenters. The number of carbonyl (C=O) groups excluding carboxylic acids is 1. The molecule has 0 saturated carbocycles. The van der Waals surface area contributed by atoms with E-state index < -0.39 is 29.5 Å². The average Bonchev–Trinajstić information content (AvgIpc) is 3.08. The normalized spacial score (nSPS) is 36.3. The highest BCUT2D eigenvalue weighted by Gasteiger charge is 2.67. The Morgan fingerprint density at radius 2 is 2.10 bits per heavy atom. The van der Waals surface area contributed by atoms with Gasteiger partial charge in [-0.25, -0.2) is 4.39 Å². The lowest BCUT2D eigenvalue weighted by Crippen LogP contribution is -2.39. The van der Waals surface area contributed by atoms with Crippen LogP contribution in [0.1, 0.15) is 0 Å². The molecular weight excluding hydrogens is 277 g/mol. The van der Waals surface area contributed by atoms with Gasteiger partial charge < -0.3 is 14.7 Å². The Balaban J connectivity index is 1.73. The smallest absolute Gasteiger partial charge is 0.310 e. The van der Waals surface area contributed by atoms with E-state index >= 15 is 0 Å². The van der Waals surface area contributed by atoms with Crippen LogP contribution in [0, 0.1) is 17.7 Å². The first kappa shape index (κ1) is 12.5. The Labute approximate surface area is 119 Å². The minimum Gasteiger partial charge on any atom is -0.481 e. The van der Waals surface area contributed by atoms with E-state index in [1.165, 1.54) is 29.2 Å². The fraction of sp³-hybridized carbons (Fsp3) is 0.333. The molecule has 0 aromatic heterocycles. The van der Waals surface area contributed by atoms with E-state index in [0.29, 0.717) is 5.69 Å². The SMILES string of the molecule is O=C(O)[C@@H]1[C@@H]2C=C[C@]3(CN(c4ccc(F)cc4)C(=O)[C@@H]13)O2.